The van der Waals surface area contributed by atoms with Crippen molar-refractivity contribution >= 4 is 17.7 Å². The third-order valence-electron chi connectivity index (χ3n) is 6.08. The minimum atomic E-state index is -0.971. The molecule has 7 heteroatoms. The maximum absolute atomic E-state index is 12.8. The molecule has 0 saturated carbocycles. The molecule has 2 aromatic rings. The third kappa shape index (κ3) is 3.64. The molecule has 2 aliphatic heterocycles. The molecular weight excluding hydrogens is 370 g/mol. The van der Waals surface area contributed by atoms with Crippen LogP contribution < -0.4 is 15.0 Å². The number of fused-ring (bicyclic) bond motifs is 2. The average Bonchev–Trinajstić information content (AvgIpc) is 2.98. The van der Waals surface area contributed by atoms with Gasteiger partial charge in [0.05, 0.1) is 12.7 Å². The lowest BCUT2D eigenvalue weighted by molar-refractivity contribution is 0.0696. The quantitative estimate of drug-likeness (QED) is 0.809. The summed E-state index contributed by atoms with van der Waals surface area (Å²) in [4.78, 5) is 30.6. The first-order valence-corrected chi connectivity index (χ1v) is 9.90. The van der Waals surface area contributed by atoms with Gasteiger partial charge in [-0.15, -0.1) is 0 Å². The minimum Gasteiger partial charge on any atom is -0.496 e. The Labute approximate surface area is 169 Å². The molecule has 3 heterocycles. The molecule has 1 aromatic carbocycles. The topological polar surface area (TPSA) is 91.8 Å². The number of aromatic nitrogens is 1. The Balaban J connectivity index is 1.45. The lowest BCUT2D eigenvalue weighted by Gasteiger charge is -2.40. The van der Waals surface area contributed by atoms with E-state index in [1.807, 2.05) is 25.1 Å². The van der Waals surface area contributed by atoms with E-state index in [1.54, 1.807) is 19.2 Å². The van der Waals surface area contributed by atoms with Crippen molar-refractivity contribution in [1.82, 2.24) is 10.3 Å². The largest absolute Gasteiger partial charge is 0.496 e. The normalized spacial score (nSPS) is 23.0. The standard InChI is InChI=1S/C22H25N3O4/c1-13-18(4-3-5-19(13)29-2)21(26)24-15-10-16-7-8-17(11-15)25(16)20-9-6-14(12-23-20)22(27)28/h3-6,9,12,15-17H,7-8,10-11H2,1-2H3,(H,24,26)(H,27,28)/t15?,16-,17+. The van der Waals surface area contributed by atoms with Gasteiger partial charge in [-0.2, -0.15) is 0 Å². The molecule has 152 valence electrons. The molecule has 2 bridgehead atoms. The number of anilines is 1. The Morgan fingerprint density at radius 1 is 1.17 bits per heavy atom. The summed E-state index contributed by atoms with van der Waals surface area (Å²) in [7, 11) is 1.61. The third-order valence-corrected chi connectivity index (χ3v) is 6.08. The number of amides is 1. The fourth-order valence-corrected chi connectivity index (χ4v) is 4.68. The molecule has 2 N–H and O–H groups in total. The van der Waals surface area contributed by atoms with E-state index in [0.717, 1.165) is 37.1 Å². The second kappa shape index (κ2) is 7.73. The maximum atomic E-state index is 12.8. The highest BCUT2D eigenvalue weighted by Gasteiger charge is 2.41. The van der Waals surface area contributed by atoms with E-state index in [-0.39, 0.29) is 17.5 Å². The summed E-state index contributed by atoms with van der Waals surface area (Å²) in [6.07, 6.45) is 5.23. The summed E-state index contributed by atoms with van der Waals surface area (Å²) in [5.74, 6) is 0.490. The zero-order chi connectivity index (χ0) is 20.5. The van der Waals surface area contributed by atoms with Gasteiger partial charge in [0.25, 0.3) is 5.91 Å². The number of hydrogen-bond donors (Lipinski definition) is 2. The molecule has 1 amide bonds. The summed E-state index contributed by atoms with van der Waals surface area (Å²) < 4.78 is 5.33. The number of pyridine rings is 1. The number of piperidine rings is 1. The number of benzene rings is 1. The summed E-state index contributed by atoms with van der Waals surface area (Å²) in [5, 5.41) is 12.3. The summed E-state index contributed by atoms with van der Waals surface area (Å²) in [5.41, 5.74) is 1.68. The number of aromatic carboxylic acids is 1. The number of nitrogens with zero attached hydrogens (tertiary/aromatic N) is 2. The van der Waals surface area contributed by atoms with Gasteiger partial charge in [-0.05, 0) is 56.9 Å². The highest BCUT2D eigenvalue weighted by Crippen LogP contribution is 2.38. The SMILES string of the molecule is COc1cccc(C(=O)NC2C[C@H]3CC[C@@H](C2)N3c2ccc(C(=O)O)cn2)c1C. The Kier molecular flexibility index (Phi) is 5.13. The highest BCUT2D eigenvalue weighted by molar-refractivity contribution is 5.96. The molecular formula is C22H25N3O4. The van der Waals surface area contributed by atoms with E-state index in [2.05, 4.69) is 15.2 Å². The van der Waals surface area contributed by atoms with Crippen LogP contribution in [-0.4, -0.2) is 47.2 Å². The molecule has 2 aliphatic rings. The van der Waals surface area contributed by atoms with Crippen LogP contribution in [0.1, 0.15) is 52.0 Å². The number of carboxylic acid groups (broad SMARTS) is 1. The molecule has 0 radical (unpaired) electrons. The number of nitrogens with one attached hydrogen (secondary N) is 1. The van der Waals surface area contributed by atoms with Crippen LogP contribution in [0.2, 0.25) is 0 Å². The smallest absolute Gasteiger partial charge is 0.337 e. The first-order valence-electron chi connectivity index (χ1n) is 9.90. The Morgan fingerprint density at radius 3 is 2.48 bits per heavy atom. The van der Waals surface area contributed by atoms with Crippen molar-refractivity contribution < 1.29 is 19.4 Å². The van der Waals surface area contributed by atoms with Gasteiger partial charge in [-0.25, -0.2) is 9.78 Å². The maximum Gasteiger partial charge on any atom is 0.337 e. The number of carbonyl (C=O) groups is 2. The van der Waals surface area contributed by atoms with Crippen LogP contribution in [0.4, 0.5) is 5.82 Å². The van der Waals surface area contributed by atoms with Gasteiger partial charge in [-0.1, -0.05) is 6.07 Å². The first kappa shape index (κ1) is 19.2. The number of rotatable bonds is 5. The second-order valence-electron chi connectivity index (χ2n) is 7.78. The lowest BCUT2D eigenvalue weighted by Crippen LogP contribution is -2.50. The number of carbonyl (C=O) groups excluding carboxylic acids is 1. The molecule has 3 atom stereocenters. The van der Waals surface area contributed by atoms with Crippen molar-refractivity contribution in [1.29, 1.82) is 0 Å². The Hall–Kier alpha value is -3.09. The molecule has 0 aliphatic carbocycles. The first-order chi connectivity index (χ1) is 14.0. The van der Waals surface area contributed by atoms with E-state index in [4.69, 9.17) is 9.84 Å². The second-order valence-corrected chi connectivity index (χ2v) is 7.78. The zero-order valence-corrected chi connectivity index (χ0v) is 16.6. The van der Waals surface area contributed by atoms with E-state index in [9.17, 15) is 9.59 Å². The van der Waals surface area contributed by atoms with Crippen LogP contribution in [-0.2, 0) is 0 Å². The van der Waals surface area contributed by atoms with E-state index < -0.39 is 5.97 Å². The van der Waals surface area contributed by atoms with Crippen LogP contribution in [0.3, 0.4) is 0 Å². The van der Waals surface area contributed by atoms with Crippen molar-refractivity contribution in [3.63, 3.8) is 0 Å². The zero-order valence-electron chi connectivity index (χ0n) is 16.6. The molecule has 7 nitrogen and oxygen atoms in total. The number of methoxy groups -OCH3 is 1. The highest BCUT2D eigenvalue weighted by atomic mass is 16.5. The molecule has 0 spiro atoms. The number of ether oxygens (including phenoxy) is 1. The summed E-state index contributed by atoms with van der Waals surface area (Å²) >= 11 is 0. The van der Waals surface area contributed by atoms with Gasteiger partial charge in [0.1, 0.15) is 11.6 Å². The van der Waals surface area contributed by atoms with Crippen LogP contribution >= 0.6 is 0 Å². The minimum absolute atomic E-state index is 0.0665. The van der Waals surface area contributed by atoms with Crippen molar-refractivity contribution in [3.05, 3.63) is 53.2 Å². The van der Waals surface area contributed by atoms with Crippen LogP contribution in [0.25, 0.3) is 0 Å². The van der Waals surface area contributed by atoms with E-state index in [0.29, 0.717) is 23.4 Å². The van der Waals surface area contributed by atoms with Crippen LogP contribution in [0, 0.1) is 6.92 Å². The van der Waals surface area contributed by atoms with E-state index in [1.165, 1.54) is 6.20 Å². The summed E-state index contributed by atoms with van der Waals surface area (Å²) in [6.45, 7) is 1.90. The van der Waals surface area contributed by atoms with Gasteiger partial charge in [0, 0.05) is 35.4 Å². The Morgan fingerprint density at radius 2 is 1.90 bits per heavy atom. The molecule has 4 rings (SSSR count). The molecule has 2 fully saturated rings. The molecule has 1 unspecified atom stereocenters. The van der Waals surface area contributed by atoms with Gasteiger partial charge >= 0.3 is 5.97 Å². The molecule has 29 heavy (non-hydrogen) atoms. The van der Waals surface area contributed by atoms with Crippen LogP contribution in [0.5, 0.6) is 5.75 Å². The van der Waals surface area contributed by atoms with E-state index >= 15 is 0 Å². The van der Waals surface area contributed by atoms with Crippen molar-refractivity contribution in [2.24, 2.45) is 0 Å². The summed E-state index contributed by atoms with van der Waals surface area (Å²) in [6, 6.07) is 9.61. The molecule has 1 aromatic heterocycles. The van der Waals surface area contributed by atoms with Gasteiger partial charge in [0.2, 0.25) is 0 Å². The molecule has 2 saturated heterocycles. The van der Waals surface area contributed by atoms with Crippen molar-refractivity contribution in [2.75, 3.05) is 12.0 Å². The van der Waals surface area contributed by atoms with Crippen molar-refractivity contribution in [3.8, 4) is 5.75 Å². The predicted octanol–water partition coefficient (Wildman–Crippen LogP) is 3.03. The van der Waals surface area contributed by atoms with Crippen LogP contribution in [0.15, 0.2) is 36.5 Å². The number of carboxylic acids is 1. The fraction of sp³-hybridized carbons (Fsp3) is 0.409. The van der Waals surface area contributed by atoms with Gasteiger partial charge < -0.3 is 20.1 Å². The number of hydrogen-bond acceptors (Lipinski definition) is 5. The Bertz CT molecular complexity index is 914. The van der Waals surface area contributed by atoms with Crippen molar-refractivity contribution in [2.45, 2.75) is 50.7 Å². The average molecular weight is 395 g/mol. The van der Waals surface area contributed by atoms with Gasteiger partial charge in [-0.3, -0.25) is 4.79 Å². The fourth-order valence-electron chi connectivity index (χ4n) is 4.68. The van der Waals surface area contributed by atoms with Gasteiger partial charge in [0.15, 0.2) is 0 Å². The predicted molar refractivity (Wildman–Crippen MR) is 109 cm³/mol. The lowest BCUT2D eigenvalue weighted by atomic mass is 9.96. The monoisotopic (exact) mass is 395 g/mol.